The molecule has 6 nitrogen and oxygen atoms in total. The Morgan fingerprint density at radius 2 is 2.04 bits per heavy atom. The molecule has 0 spiro atoms. The molecule has 1 aromatic carbocycles. The minimum absolute atomic E-state index is 0.0424. The number of nitrogens with zero attached hydrogens (tertiary/aromatic N) is 3. The fourth-order valence-corrected chi connectivity index (χ4v) is 2.61. The van der Waals surface area contributed by atoms with E-state index in [1.807, 2.05) is 38.2 Å². The van der Waals surface area contributed by atoms with Gasteiger partial charge in [-0.2, -0.15) is 0 Å². The largest absolute Gasteiger partial charge is 0.497 e. The van der Waals surface area contributed by atoms with Crippen molar-refractivity contribution in [2.24, 2.45) is 12.0 Å². The van der Waals surface area contributed by atoms with E-state index in [-0.39, 0.29) is 6.10 Å². The molecule has 1 atom stereocenters. The van der Waals surface area contributed by atoms with Crippen LogP contribution in [0.1, 0.15) is 19.5 Å². The molecular formula is C20H30N4O2. The van der Waals surface area contributed by atoms with Gasteiger partial charge in [-0.25, -0.2) is 4.99 Å². The van der Waals surface area contributed by atoms with Crippen molar-refractivity contribution in [2.75, 3.05) is 27.2 Å². The third kappa shape index (κ3) is 5.72. The Morgan fingerprint density at radius 1 is 1.27 bits per heavy atom. The first kappa shape index (κ1) is 19.7. The van der Waals surface area contributed by atoms with E-state index in [4.69, 9.17) is 14.5 Å². The Morgan fingerprint density at radius 3 is 2.69 bits per heavy atom. The van der Waals surface area contributed by atoms with Crippen LogP contribution in [-0.2, 0) is 13.6 Å². The van der Waals surface area contributed by atoms with Gasteiger partial charge in [-0.05, 0) is 38.1 Å². The molecule has 0 saturated heterocycles. The van der Waals surface area contributed by atoms with E-state index in [2.05, 4.69) is 47.1 Å². The summed E-state index contributed by atoms with van der Waals surface area (Å²) in [6, 6.07) is 11.8. The van der Waals surface area contributed by atoms with Crippen molar-refractivity contribution in [3.8, 4) is 11.5 Å². The molecule has 0 radical (unpaired) electrons. The third-order valence-electron chi connectivity index (χ3n) is 4.02. The van der Waals surface area contributed by atoms with Crippen LogP contribution in [0.2, 0.25) is 0 Å². The number of aliphatic imine (C=N–C) groups is 1. The highest BCUT2D eigenvalue weighted by molar-refractivity contribution is 5.79. The van der Waals surface area contributed by atoms with E-state index in [0.29, 0.717) is 6.54 Å². The molecule has 1 aromatic heterocycles. The quantitative estimate of drug-likeness (QED) is 0.582. The van der Waals surface area contributed by atoms with E-state index in [1.165, 1.54) is 5.69 Å². The van der Waals surface area contributed by atoms with Crippen LogP contribution in [0.3, 0.4) is 0 Å². The van der Waals surface area contributed by atoms with Gasteiger partial charge in [0.05, 0.1) is 20.2 Å². The number of benzene rings is 1. The van der Waals surface area contributed by atoms with Gasteiger partial charge in [0.1, 0.15) is 17.6 Å². The summed E-state index contributed by atoms with van der Waals surface area (Å²) in [5.74, 6) is 2.44. The van der Waals surface area contributed by atoms with Crippen LogP contribution in [0.4, 0.5) is 0 Å². The summed E-state index contributed by atoms with van der Waals surface area (Å²) in [6.07, 6.45) is 2.01. The van der Waals surface area contributed by atoms with Crippen molar-refractivity contribution < 1.29 is 9.47 Å². The number of hydrogen-bond acceptors (Lipinski definition) is 3. The fourth-order valence-electron chi connectivity index (χ4n) is 2.61. The van der Waals surface area contributed by atoms with E-state index < -0.39 is 0 Å². The molecule has 0 aliphatic carbocycles. The third-order valence-corrected chi connectivity index (χ3v) is 4.02. The highest BCUT2D eigenvalue weighted by atomic mass is 16.5. The predicted molar refractivity (Wildman–Crippen MR) is 106 cm³/mol. The SMILES string of the molecule is CCNC(=NCC(C)Oc1cccc(OC)c1)N(C)Cc1cccn1C. The zero-order chi connectivity index (χ0) is 18.9. The second kappa shape index (κ2) is 9.75. The summed E-state index contributed by atoms with van der Waals surface area (Å²) in [7, 11) is 5.75. The van der Waals surface area contributed by atoms with Gasteiger partial charge >= 0.3 is 0 Å². The predicted octanol–water partition coefficient (Wildman–Crippen LogP) is 2.90. The Labute approximate surface area is 156 Å². The van der Waals surface area contributed by atoms with E-state index >= 15 is 0 Å². The van der Waals surface area contributed by atoms with Crippen LogP contribution in [0.5, 0.6) is 11.5 Å². The van der Waals surface area contributed by atoms with Crippen molar-refractivity contribution in [2.45, 2.75) is 26.5 Å². The topological polar surface area (TPSA) is 51.0 Å². The normalized spacial score (nSPS) is 12.6. The molecule has 0 amide bonds. The zero-order valence-corrected chi connectivity index (χ0v) is 16.4. The molecule has 26 heavy (non-hydrogen) atoms. The summed E-state index contributed by atoms with van der Waals surface area (Å²) in [5.41, 5.74) is 1.23. The van der Waals surface area contributed by atoms with Gasteiger partial charge in [0.2, 0.25) is 0 Å². The summed E-state index contributed by atoms with van der Waals surface area (Å²) >= 11 is 0. The Hall–Kier alpha value is -2.63. The van der Waals surface area contributed by atoms with Gasteiger partial charge in [0, 0.05) is 38.6 Å². The first-order chi connectivity index (χ1) is 12.5. The number of aromatic nitrogens is 1. The molecule has 0 bridgehead atoms. The van der Waals surface area contributed by atoms with E-state index in [0.717, 1.165) is 30.5 Å². The lowest BCUT2D eigenvalue weighted by molar-refractivity contribution is 0.228. The lowest BCUT2D eigenvalue weighted by Gasteiger charge is -2.23. The molecule has 0 aliphatic heterocycles. The molecule has 1 N–H and O–H groups in total. The molecule has 6 heteroatoms. The van der Waals surface area contributed by atoms with Crippen molar-refractivity contribution in [1.29, 1.82) is 0 Å². The molecule has 142 valence electrons. The average molecular weight is 358 g/mol. The number of methoxy groups -OCH3 is 1. The first-order valence-corrected chi connectivity index (χ1v) is 8.93. The fraction of sp³-hybridized carbons (Fsp3) is 0.450. The Balaban J connectivity index is 1.97. The van der Waals surface area contributed by atoms with Crippen LogP contribution in [-0.4, -0.2) is 48.8 Å². The molecule has 0 aliphatic rings. The summed E-state index contributed by atoms with van der Waals surface area (Å²) in [6.45, 7) is 6.27. The van der Waals surface area contributed by atoms with Crippen molar-refractivity contribution in [1.82, 2.24) is 14.8 Å². The average Bonchev–Trinajstić information content (AvgIpc) is 3.03. The van der Waals surface area contributed by atoms with Crippen LogP contribution in [0.25, 0.3) is 0 Å². The summed E-state index contributed by atoms with van der Waals surface area (Å²) < 4.78 is 13.3. The number of aryl methyl sites for hydroxylation is 1. The number of guanidine groups is 1. The molecular weight excluding hydrogens is 328 g/mol. The number of ether oxygens (including phenoxy) is 2. The molecule has 2 aromatic rings. The molecule has 1 heterocycles. The maximum atomic E-state index is 5.95. The number of hydrogen-bond donors (Lipinski definition) is 1. The molecule has 2 rings (SSSR count). The molecule has 0 saturated carbocycles. The monoisotopic (exact) mass is 358 g/mol. The second-order valence-corrected chi connectivity index (χ2v) is 6.27. The van der Waals surface area contributed by atoms with Crippen molar-refractivity contribution in [3.63, 3.8) is 0 Å². The van der Waals surface area contributed by atoms with Gasteiger partial charge in [-0.3, -0.25) is 0 Å². The van der Waals surface area contributed by atoms with Crippen LogP contribution in [0, 0.1) is 0 Å². The minimum Gasteiger partial charge on any atom is -0.497 e. The van der Waals surface area contributed by atoms with Crippen LogP contribution < -0.4 is 14.8 Å². The number of rotatable bonds is 8. The van der Waals surface area contributed by atoms with Crippen LogP contribution in [0.15, 0.2) is 47.6 Å². The maximum Gasteiger partial charge on any atom is 0.194 e. The molecule has 0 fully saturated rings. The smallest absolute Gasteiger partial charge is 0.194 e. The highest BCUT2D eigenvalue weighted by Gasteiger charge is 2.10. The van der Waals surface area contributed by atoms with Gasteiger partial charge in [-0.1, -0.05) is 6.07 Å². The zero-order valence-electron chi connectivity index (χ0n) is 16.4. The lowest BCUT2D eigenvalue weighted by atomic mass is 10.3. The van der Waals surface area contributed by atoms with Gasteiger partial charge in [0.25, 0.3) is 0 Å². The van der Waals surface area contributed by atoms with Crippen molar-refractivity contribution in [3.05, 3.63) is 48.3 Å². The Kier molecular flexibility index (Phi) is 7.38. The Bertz CT molecular complexity index is 711. The van der Waals surface area contributed by atoms with Crippen molar-refractivity contribution >= 4 is 5.96 Å². The lowest BCUT2D eigenvalue weighted by Crippen LogP contribution is -2.39. The summed E-state index contributed by atoms with van der Waals surface area (Å²) in [4.78, 5) is 6.85. The van der Waals surface area contributed by atoms with E-state index in [1.54, 1.807) is 7.11 Å². The summed E-state index contributed by atoms with van der Waals surface area (Å²) in [5, 5.41) is 3.34. The standard InChI is InChI=1S/C20H30N4O2/c1-6-21-20(24(4)15-17-9-8-12-23(17)3)22-14-16(2)26-19-11-7-10-18(13-19)25-5/h7-13,16H,6,14-15H2,1-5H3,(H,21,22). The minimum atomic E-state index is -0.0424. The highest BCUT2D eigenvalue weighted by Crippen LogP contribution is 2.20. The maximum absolute atomic E-state index is 5.95. The van der Waals surface area contributed by atoms with Crippen LogP contribution >= 0.6 is 0 Å². The molecule has 1 unspecified atom stereocenters. The van der Waals surface area contributed by atoms with Gasteiger partial charge in [0.15, 0.2) is 5.96 Å². The van der Waals surface area contributed by atoms with Gasteiger partial charge in [-0.15, -0.1) is 0 Å². The first-order valence-electron chi connectivity index (χ1n) is 8.93. The van der Waals surface area contributed by atoms with E-state index in [9.17, 15) is 0 Å². The number of nitrogens with one attached hydrogen (secondary N) is 1. The second-order valence-electron chi connectivity index (χ2n) is 6.27. The van der Waals surface area contributed by atoms with Gasteiger partial charge < -0.3 is 24.3 Å².